The van der Waals surface area contributed by atoms with Crippen LogP contribution in [0.2, 0.25) is 0 Å². The van der Waals surface area contributed by atoms with Gasteiger partial charge in [0, 0.05) is 32.8 Å². The van der Waals surface area contributed by atoms with Crippen LogP contribution in [-0.4, -0.2) is 101 Å². The van der Waals surface area contributed by atoms with Gasteiger partial charge >= 0.3 is 5.97 Å². The number of carbonyl (C=O) groups is 1. The minimum Gasteiger partial charge on any atom is -0.462 e. The van der Waals surface area contributed by atoms with Crippen LogP contribution in [0.3, 0.4) is 0 Å². The topological polar surface area (TPSA) is 109 Å². The highest BCUT2D eigenvalue weighted by molar-refractivity contribution is 5.70. The van der Waals surface area contributed by atoms with E-state index < -0.39 is 30.1 Å². The van der Waals surface area contributed by atoms with Crippen LogP contribution in [0, 0.1) is 0 Å². The Bertz CT molecular complexity index is 751. The molecule has 0 bridgehead atoms. The van der Waals surface area contributed by atoms with Gasteiger partial charge in [0.1, 0.15) is 37.6 Å². The molecule has 0 amide bonds. The van der Waals surface area contributed by atoms with E-state index in [9.17, 15) is 4.79 Å². The molecule has 0 aromatic heterocycles. The van der Waals surface area contributed by atoms with E-state index in [2.05, 4.69) is 0 Å². The molecule has 38 heavy (non-hydrogen) atoms. The number of esters is 1. The maximum atomic E-state index is 11.7. The van der Waals surface area contributed by atoms with Crippen molar-refractivity contribution in [3.8, 4) is 0 Å². The van der Waals surface area contributed by atoms with E-state index in [4.69, 9.17) is 47.4 Å². The summed E-state index contributed by atoms with van der Waals surface area (Å²) in [6.07, 6.45) is 7.86. The van der Waals surface area contributed by atoms with Crippen LogP contribution in [0.15, 0.2) is 0 Å². The second kappa shape index (κ2) is 13.2. The van der Waals surface area contributed by atoms with Crippen molar-refractivity contribution < 1.29 is 52.2 Å². The molecule has 3 saturated heterocycles. The summed E-state index contributed by atoms with van der Waals surface area (Å²) in [6, 6.07) is 0. The average molecular weight is 545 g/mol. The van der Waals surface area contributed by atoms with Crippen molar-refractivity contribution in [2.75, 3.05) is 46.8 Å². The predicted octanol–water partition coefficient (Wildman–Crippen LogP) is 2.82. The van der Waals surface area contributed by atoms with E-state index in [1.807, 2.05) is 0 Å². The third-order valence-electron chi connectivity index (χ3n) is 8.06. The van der Waals surface area contributed by atoms with Crippen LogP contribution in [0.5, 0.6) is 0 Å². The van der Waals surface area contributed by atoms with Gasteiger partial charge in [-0.15, -0.1) is 0 Å². The first-order chi connectivity index (χ1) is 18.5. The highest BCUT2D eigenvalue weighted by Crippen LogP contribution is 2.49. The molecule has 3 unspecified atom stereocenters. The lowest BCUT2D eigenvalue weighted by Crippen LogP contribution is -2.43. The zero-order valence-electron chi connectivity index (χ0n) is 22.8. The van der Waals surface area contributed by atoms with E-state index in [0.29, 0.717) is 19.8 Å². The SMILES string of the molecule is COCCOCC(=O)OCCOC(C)OC1O[C@H](C2COC3(CCCCC3)O2)[C@@H]2OC3(CCCCC3)O[C@H]12. The first kappa shape index (κ1) is 28.6. The molecule has 0 aromatic carbocycles. The third kappa shape index (κ3) is 6.87. The zero-order chi connectivity index (χ0) is 26.4. The summed E-state index contributed by atoms with van der Waals surface area (Å²) in [5, 5.41) is 0. The van der Waals surface area contributed by atoms with Crippen LogP contribution in [-0.2, 0) is 52.2 Å². The Balaban J connectivity index is 1.12. The number of carbonyl (C=O) groups excluding carboxylic acids is 1. The van der Waals surface area contributed by atoms with Crippen molar-refractivity contribution >= 4 is 5.97 Å². The van der Waals surface area contributed by atoms with E-state index in [-0.39, 0.29) is 44.2 Å². The fourth-order valence-corrected chi connectivity index (χ4v) is 6.20. The molecule has 2 aliphatic carbocycles. The Morgan fingerprint density at radius 2 is 1.55 bits per heavy atom. The van der Waals surface area contributed by atoms with E-state index >= 15 is 0 Å². The van der Waals surface area contributed by atoms with Gasteiger partial charge in [-0.2, -0.15) is 0 Å². The lowest BCUT2D eigenvalue weighted by atomic mass is 9.94. The van der Waals surface area contributed by atoms with Crippen molar-refractivity contribution in [3.05, 3.63) is 0 Å². The Morgan fingerprint density at radius 3 is 2.29 bits per heavy atom. The number of hydrogen-bond acceptors (Lipinski definition) is 11. The molecule has 11 nitrogen and oxygen atoms in total. The summed E-state index contributed by atoms with van der Waals surface area (Å²) in [5.41, 5.74) is 0. The number of hydrogen-bond donors (Lipinski definition) is 0. The first-order valence-electron chi connectivity index (χ1n) is 14.3. The summed E-state index contributed by atoms with van der Waals surface area (Å²) >= 11 is 0. The minimum atomic E-state index is -0.662. The van der Waals surface area contributed by atoms with Crippen LogP contribution in [0.1, 0.15) is 71.1 Å². The van der Waals surface area contributed by atoms with Gasteiger partial charge in [-0.05, 0) is 32.6 Å². The van der Waals surface area contributed by atoms with Crippen molar-refractivity contribution in [2.24, 2.45) is 0 Å². The Kier molecular flexibility index (Phi) is 9.93. The number of fused-ring (bicyclic) bond motifs is 1. The largest absolute Gasteiger partial charge is 0.462 e. The summed E-state index contributed by atoms with van der Waals surface area (Å²) in [7, 11) is 1.57. The smallest absolute Gasteiger partial charge is 0.332 e. The maximum absolute atomic E-state index is 11.7. The van der Waals surface area contributed by atoms with Crippen molar-refractivity contribution in [3.63, 3.8) is 0 Å². The summed E-state index contributed by atoms with van der Waals surface area (Å²) in [4.78, 5) is 11.7. The Morgan fingerprint density at radius 1 is 0.842 bits per heavy atom. The standard InChI is InChI=1S/C27H44O11/c1-19(31-15-16-32-21(28)18-30-14-13-29-2)34-25-24-23(37-27(38-24)11-7-4-8-12-27)22(35-25)20-17-33-26(36-20)9-5-3-6-10-26/h19-20,22-25H,3-18H2,1-2H3/t19?,20?,22-,23+,24+,25?/m1/s1. The second-order valence-electron chi connectivity index (χ2n) is 10.9. The monoisotopic (exact) mass is 544 g/mol. The fourth-order valence-electron chi connectivity index (χ4n) is 6.20. The molecule has 3 heterocycles. The molecule has 2 spiro atoms. The van der Waals surface area contributed by atoms with Crippen LogP contribution < -0.4 is 0 Å². The second-order valence-corrected chi connectivity index (χ2v) is 10.9. The highest BCUT2D eigenvalue weighted by atomic mass is 16.8. The van der Waals surface area contributed by atoms with Crippen molar-refractivity contribution in [1.82, 2.24) is 0 Å². The lowest BCUT2D eigenvalue weighted by molar-refractivity contribution is -0.296. The van der Waals surface area contributed by atoms with Crippen molar-refractivity contribution in [2.45, 2.75) is 120 Å². The van der Waals surface area contributed by atoms with Gasteiger partial charge < -0.3 is 47.4 Å². The van der Waals surface area contributed by atoms with E-state index in [1.54, 1.807) is 14.0 Å². The molecular weight excluding hydrogens is 500 g/mol. The van der Waals surface area contributed by atoms with Gasteiger partial charge in [-0.3, -0.25) is 0 Å². The normalized spacial score (nSPS) is 34.5. The molecule has 218 valence electrons. The van der Waals surface area contributed by atoms with Gasteiger partial charge in [-0.1, -0.05) is 12.8 Å². The maximum Gasteiger partial charge on any atom is 0.332 e. The van der Waals surface area contributed by atoms with Gasteiger partial charge in [0.15, 0.2) is 24.2 Å². The Labute approximate surface area is 224 Å². The number of ether oxygens (including phenoxy) is 10. The van der Waals surface area contributed by atoms with Crippen LogP contribution in [0.25, 0.3) is 0 Å². The van der Waals surface area contributed by atoms with Gasteiger partial charge in [0.25, 0.3) is 0 Å². The summed E-state index contributed by atoms with van der Waals surface area (Å²) in [5.74, 6) is -1.53. The quantitative estimate of drug-likeness (QED) is 0.206. The molecule has 6 atom stereocenters. The average Bonchev–Trinajstić information content (AvgIpc) is 3.58. The molecule has 3 aliphatic heterocycles. The Hall–Kier alpha value is -0.890. The number of methoxy groups -OCH3 is 1. The fraction of sp³-hybridized carbons (Fsp3) is 0.963. The third-order valence-corrected chi connectivity index (χ3v) is 8.06. The first-order valence-corrected chi connectivity index (χ1v) is 14.3. The van der Waals surface area contributed by atoms with Gasteiger partial charge in [0.2, 0.25) is 0 Å². The molecule has 5 rings (SSSR count). The molecule has 0 radical (unpaired) electrons. The van der Waals surface area contributed by atoms with E-state index in [1.165, 1.54) is 12.8 Å². The molecular formula is C27H44O11. The van der Waals surface area contributed by atoms with Crippen molar-refractivity contribution in [1.29, 1.82) is 0 Å². The van der Waals surface area contributed by atoms with Gasteiger partial charge in [0.05, 0.1) is 26.4 Å². The highest BCUT2D eigenvalue weighted by Gasteiger charge is 2.62. The molecule has 11 heteroatoms. The lowest BCUT2D eigenvalue weighted by Gasteiger charge is -2.35. The molecule has 0 aromatic rings. The molecule has 5 aliphatic rings. The summed E-state index contributed by atoms with van der Waals surface area (Å²) in [6.45, 7) is 3.18. The summed E-state index contributed by atoms with van der Waals surface area (Å²) < 4.78 is 59.3. The molecule has 2 saturated carbocycles. The van der Waals surface area contributed by atoms with Crippen LogP contribution in [0.4, 0.5) is 0 Å². The van der Waals surface area contributed by atoms with E-state index in [0.717, 1.165) is 51.4 Å². The van der Waals surface area contributed by atoms with Crippen LogP contribution >= 0.6 is 0 Å². The molecule has 5 fully saturated rings. The minimum absolute atomic E-state index is 0.0957. The zero-order valence-corrected chi connectivity index (χ0v) is 22.8. The predicted molar refractivity (Wildman–Crippen MR) is 131 cm³/mol. The van der Waals surface area contributed by atoms with Gasteiger partial charge in [-0.25, -0.2) is 4.79 Å². The number of rotatable bonds is 12. The molecule has 0 N–H and O–H groups in total.